The number of nitrogens with one attached hydrogen (secondary N) is 3. The Bertz CT molecular complexity index is 2300. The van der Waals surface area contributed by atoms with E-state index in [4.69, 9.17) is 40.5 Å². The van der Waals surface area contributed by atoms with E-state index in [2.05, 4.69) is 22.5 Å². The zero-order valence-electron chi connectivity index (χ0n) is 32.9. The number of alkyl carbamates (subject to hydrolysis) is 1. The summed E-state index contributed by atoms with van der Waals surface area (Å²) in [5.74, 6) is -0.750. The maximum absolute atomic E-state index is 14.7. The Kier molecular flexibility index (Phi) is 10.9. The summed E-state index contributed by atoms with van der Waals surface area (Å²) in [7, 11) is 1.50. The SMILES string of the molecule is C=CC1C[C@]1(NC(=O)C1C[C@@H](Oc2cc(-c3csc(NC(C)C)n3)nc3c(Cl)c(OC)ccc23)CN1C(=O)C(NC(=O)OC1=CC2=CCC(=C1)O2)C(C)(C)C)C(=O)O. The van der Waals surface area contributed by atoms with E-state index >= 15 is 0 Å². The summed E-state index contributed by atoms with van der Waals surface area (Å²) < 4.78 is 23.3. The highest BCUT2D eigenvalue weighted by molar-refractivity contribution is 7.14. The van der Waals surface area contributed by atoms with Gasteiger partial charge in [0.25, 0.3) is 0 Å². The van der Waals surface area contributed by atoms with Crippen LogP contribution in [0.1, 0.15) is 53.9 Å². The first kappa shape index (κ1) is 40.6. The second-order valence-electron chi connectivity index (χ2n) is 16.0. The number of anilines is 1. The molecule has 17 heteroatoms. The molecule has 306 valence electrons. The van der Waals surface area contributed by atoms with E-state index in [1.54, 1.807) is 51.1 Å². The van der Waals surface area contributed by atoms with E-state index in [1.807, 2.05) is 25.3 Å². The second-order valence-corrected chi connectivity index (χ2v) is 17.3. The molecule has 3 unspecified atom stereocenters. The predicted molar refractivity (Wildman–Crippen MR) is 217 cm³/mol. The summed E-state index contributed by atoms with van der Waals surface area (Å²) in [5, 5.41) is 22.2. The normalized spacial score (nSPS) is 22.6. The van der Waals surface area contributed by atoms with Crippen molar-refractivity contribution in [2.45, 2.75) is 83.6 Å². The number of fused-ring (bicyclic) bond motifs is 3. The average Bonchev–Trinajstić information content (AvgIpc) is 3.42. The average molecular weight is 833 g/mol. The number of benzene rings is 1. The quantitative estimate of drug-likeness (QED) is 0.136. The van der Waals surface area contributed by atoms with Gasteiger partial charge in [0.05, 0.1) is 24.9 Å². The number of carbonyl (C=O) groups excluding carboxylic acids is 3. The summed E-state index contributed by atoms with van der Waals surface area (Å²) in [6.07, 6.45) is 5.59. The van der Waals surface area contributed by atoms with Gasteiger partial charge in [0.2, 0.25) is 11.8 Å². The van der Waals surface area contributed by atoms with Crippen molar-refractivity contribution in [3.63, 3.8) is 0 Å². The number of aliphatic carboxylic acids is 1. The molecule has 1 aromatic carbocycles. The van der Waals surface area contributed by atoms with E-state index in [9.17, 15) is 24.3 Å². The highest BCUT2D eigenvalue weighted by atomic mass is 35.5. The number of thiazole rings is 1. The molecule has 3 aromatic rings. The number of carboxylic acid groups (broad SMARTS) is 1. The van der Waals surface area contributed by atoms with Gasteiger partial charge in [-0.15, -0.1) is 17.9 Å². The van der Waals surface area contributed by atoms with Gasteiger partial charge in [-0.1, -0.05) is 38.4 Å². The number of amides is 3. The number of hydrogen-bond acceptors (Lipinski definition) is 12. The monoisotopic (exact) mass is 832 g/mol. The first-order valence-corrected chi connectivity index (χ1v) is 20.1. The van der Waals surface area contributed by atoms with Gasteiger partial charge in [-0.05, 0) is 43.9 Å². The smallest absolute Gasteiger partial charge is 0.413 e. The third-order valence-corrected chi connectivity index (χ3v) is 11.5. The largest absolute Gasteiger partial charge is 0.495 e. The van der Waals surface area contributed by atoms with Crippen LogP contribution in [0.5, 0.6) is 11.5 Å². The Labute approximate surface area is 344 Å². The Balaban J connectivity index is 1.21. The number of pyridine rings is 1. The fourth-order valence-electron chi connectivity index (χ4n) is 7.25. The van der Waals surface area contributed by atoms with Crippen LogP contribution in [-0.4, -0.2) is 87.3 Å². The molecular formula is C41H45ClN6O9S. The molecular weight excluding hydrogens is 788 g/mol. The Morgan fingerprint density at radius 2 is 1.93 bits per heavy atom. The Hall–Kier alpha value is -5.61. The van der Waals surface area contributed by atoms with E-state index in [1.165, 1.54) is 29.4 Å². The third-order valence-electron chi connectivity index (χ3n) is 10.3. The third kappa shape index (κ3) is 8.07. The number of allylic oxidation sites excluding steroid dienone is 3. The molecule has 0 radical (unpaired) electrons. The molecule has 2 fully saturated rings. The second kappa shape index (κ2) is 15.6. The number of likely N-dealkylation sites (tertiary alicyclic amines) is 1. The predicted octanol–water partition coefficient (Wildman–Crippen LogP) is 6.56. The van der Waals surface area contributed by atoms with Gasteiger partial charge in [-0.2, -0.15) is 0 Å². The standard InChI is InChI=1S/C41H45ClN6O9S/c1-8-21-17-41(21,37(51)52)47-35(49)29-15-25(18-48(29)36(50)34(40(4,5)6)46-39(53)57-24-13-22-9-10-23(14-24)55-22)56-31-16-27(28-19-58-38(45-28)43-20(2)3)44-33-26(31)11-12-30(54-7)32(33)42/h8-9,11-14,16,19-21,25,29,34H,1,10,15,17-18H2,2-7H3,(H,43,45)(H,46,53)(H,47,49)(H,51,52)/t21?,25-,29?,34?,41-/m1/s1. The van der Waals surface area contributed by atoms with Crippen molar-refractivity contribution in [1.29, 1.82) is 0 Å². The molecule has 3 aliphatic heterocycles. The molecule has 4 N–H and O–H groups in total. The molecule has 1 saturated carbocycles. The Morgan fingerprint density at radius 1 is 1.16 bits per heavy atom. The van der Waals surface area contributed by atoms with Gasteiger partial charge in [-0.25, -0.2) is 19.6 Å². The number of halogens is 1. The minimum absolute atomic E-state index is 0.00883. The summed E-state index contributed by atoms with van der Waals surface area (Å²) in [6, 6.07) is 2.99. The van der Waals surface area contributed by atoms with Crippen LogP contribution in [-0.2, 0) is 23.9 Å². The van der Waals surface area contributed by atoms with Crippen molar-refractivity contribution >= 4 is 62.8 Å². The van der Waals surface area contributed by atoms with Crippen molar-refractivity contribution < 1.29 is 43.2 Å². The molecule has 1 saturated heterocycles. The molecule has 2 aromatic heterocycles. The van der Waals surface area contributed by atoms with Crippen LogP contribution in [0.3, 0.4) is 0 Å². The van der Waals surface area contributed by atoms with Crippen molar-refractivity contribution in [3.8, 4) is 22.9 Å². The van der Waals surface area contributed by atoms with Gasteiger partial charge in [0.1, 0.15) is 63.2 Å². The van der Waals surface area contributed by atoms with Crippen LogP contribution in [0.25, 0.3) is 22.3 Å². The minimum atomic E-state index is -1.55. The van der Waals surface area contributed by atoms with Crippen LogP contribution < -0.4 is 25.4 Å². The van der Waals surface area contributed by atoms with Crippen LogP contribution >= 0.6 is 22.9 Å². The van der Waals surface area contributed by atoms with E-state index < -0.39 is 58.9 Å². The van der Waals surface area contributed by atoms with Gasteiger partial charge in [0, 0.05) is 53.8 Å². The number of nitrogens with zero attached hydrogens (tertiary/aromatic N) is 3. The lowest BCUT2D eigenvalue weighted by Crippen LogP contribution is -2.59. The lowest BCUT2D eigenvalue weighted by atomic mass is 9.85. The van der Waals surface area contributed by atoms with Crippen LogP contribution in [0.2, 0.25) is 5.02 Å². The number of carbonyl (C=O) groups is 4. The summed E-state index contributed by atoms with van der Waals surface area (Å²) in [5.41, 5.74) is -0.990. The number of hydrogen-bond donors (Lipinski definition) is 4. The number of aromatic nitrogens is 2. The molecule has 15 nitrogen and oxygen atoms in total. The maximum atomic E-state index is 14.7. The molecule has 4 aliphatic rings. The summed E-state index contributed by atoms with van der Waals surface area (Å²) in [4.78, 5) is 65.5. The molecule has 3 amide bonds. The van der Waals surface area contributed by atoms with Crippen molar-refractivity contribution in [3.05, 3.63) is 76.8 Å². The Morgan fingerprint density at radius 3 is 2.59 bits per heavy atom. The van der Waals surface area contributed by atoms with E-state index in [0.717, 1.165) is 0 Å². The van der Waals surface area contributed by atoms with Crippen LogP contribution in [0.4, 0.5) is 9.93 Å². The van der Waals surface area contributed by atoms with Gasteiger partial charge in [0.15, 0.2) is 5.13 Å². The topological polar surface area (TPSA) is 191 Å². The first-order valence-electron chi connectivity index (χ1n) is 18.8. The van der Waals surface area contributed by atoms with Crippen molar-refractivity contribution in [1.82, 2.24) is 25.5 Å². The van der Waals surface area contributed by atoms with Gasteiger partial charge < -0.3 is 44.9 Å². The van der Waals surface area contributed by atoms with Crippen LogP contribution in [0, 0.1) is 11.3 Å². The van der Waals surface area contributed by atoms with Crippen molar-refractivity contribution in [2.75, 3.05) is 19.0 Å². The zero-order chi connectivity index (χ0) is 41.7. The number of carboxylic acids is 1. The molecule has 7 rings (SSSR count). The number of ether oxygens (including phenoxy) is 4. The fourth-order valence-corrected chi connectivity index (χ4v) is 8.39. The summed E-state index contributed by atoms with van der Waals surface area (Å²) >= 11 is 8.23. The number of methoxy groups -OCH3 is 1. The van der Waals surface area contributed by atoms with Crippen molar-refractivity contribution in [2.24, 2.45) is 11.3 Å². The molecule has 1 aliphatic carbocycles. The van der Waals surface area contributed by atoms with Gasteiger partial charge >= 0.3 is 12.1 Å². The minimum Gasteiger partial charge on any atom is -0.495 e. The lowest BCUT2D eigenvalue weighted by Gasteiger charge is -2.35. The highest BCUT2D eigenvalue weighted by Gasteiger charge is 2.61. The maximum Gasteiger partial charge on any atom is 0.413 e. The lowest BCUT2D eigenvalue weighted by molar-refractivity contribution is -0.146. The van der Waals surface area contributed by atoms with E-state index in [-0.39, 0.29) is 36.2 Å². The number of rotatable bonds is 13. The van der Waals surface area contributed by atoms with Crippen LogP contribution in [0.15, 0.2) is 71.7 Å². The van der Waals surface area contributed by atoms with E-state index in [0.29, 0.717) is 56.9 Å². The molecule has 58 heavy (non-hydrogen) atoms. The molecule has 5 heterocycles. The molecule has 2 bridgehead atoms. The molecule has 0 spiro atoms. The molecule has 5 atom stereocenters. The van der Waals surface area contributed by atoms with Gasteiger partial charge in [-0.3, -0.25) is 9.59 Å². The zero-order valence-corrected chi connectivity index (χ0v) is 34.5. The first-order chi connectivity index (χ1) is 27.5. The fraction of sp³-hybridized carbons (Fsp3) is 0.415. The summed E-state index contributed by atoms with van der Waals surface area (Å²) in [6.45, 7) is 13.0. The highest BCUT2D eigenvalue weighted by Crippen LogP contribution is 2.45.